The zero-order valence-electron chi connectivity index (χ0n) is 10.0. The Labute approximate surface area is 111 Å². The van der Waals surface area contributed by atoms with Gasteiger partial charge in [-0.2, -0.15) is 0 Å². The predicted molar refractivity (Wildman–Crippen MR) is 69.3 cm³/mol. The van der Waals surface area contributed by atoms with Gasteiger partial charge in [0.25, 0.3) is 0 Å². The highest BCUT2D eigenvalue weighted by Gasteiger charge is 2.02. The molecule has 0 fully saturated rings. The number of nitrogens with one attached hydrogen (secondary N) is 1. The Bertz CT molecular complexity index is 381. The van der Waals surface area contributed by atoms with Crippen molar-refractivity contribution in [2.45, 2.75) is 25.9 Å². The van der Waals surface area contributed by atoms with Crippen molar-refractivity contribution in [1.29, 1.82) is 0 Å². The van der Waals surface area contributed by atoms with Crippen molar-refractivity contribution in [3.05, 3.63) is 35.9 Å². The molecule has 1 N–H and O–H groups in total. The lowest BCUT2D eigenvalue weighted by Crippen LogP contribution is -2.25. The Morgan fingerprint density at radius 1 is 1.17 bits per heavy atom. The van der Waals surface area contributed by atoms with Crippen molar-refractivity contribution in [2.75, 3.05) is 6.54 Å². The highest BCUT2D eigenvalue weighted by Crippen LogP contribution is 2.01. The van der Waals surface area contributed by atoms with Crippen molar-refractivity contribution >= 4 is 22.9 Å². The van der Waals surface area contributed by atoms with Crippen LogP contribution in [0.2, 0.25) is 0 Å². The Hall–Kier alpha value is -1.55. The molecule has 1 aromatic rings. The third kappa shape index (κ3) is 6.91. The van der Waals surface area contributed by atoms with Crippen LogP contribution in [0.15, 0.2) is 30.3 Å². The van der Waals surface area contributed by atoms with Crippen LogP contribution >= 0.6 is 11.6 Å². The van der Waals surface area contributed by atoms with E-state index in [0.717, 1.165) is 5.56 Å². The highest BCUT2D eigenvalue weighted by molar-refractivity contribution is 6.63. The van der Waals surface area contributed by atoms with E-state index >= 15 is 0 Å². The molecule has 0 bridgehead atoms. The number of ether oxygens (including phenoxy) is 1. The number of amides is 1. The third-order valence-corrected chi connectivity index (χ3v) is 2.47. The molecule has 0 aliphatic carbocycles. The summed E-state index contributed by atoms with van der Waals surface area (Å²) in [7, 11) is 0. The number of halogens is 1. The molecule has 0 saturated carbocycles. The molecule has 18 heavy (non-hydrogen) atoms. The number of rotatable bonds is 7. The van der Waals surface area contributed by atoms with Crippen LogP contribution in [0.3, 0.4) is 0 Å². The average molecular weight is 270 g/mol. The third-order valence-electron chi connectivity index (χ3n) is 2.28. The molecule has 0 aliphatic rings. The summed E-state index contributed by atoms with van der Waals surface area (Å²) in [5, 5.41) is 2.27. The van der Waals surface area contributed by atoms with Crippen LogP contribution in [0.25, 0.3) is 0 Å². The van der Waals surface area contributed by atoms with E-state index in [-0.39, 0.29) is 11.8 Å². The van der Waals surface area contributed by atoms with Crippen LogP contribution in [0, 0.1) is 0 Å². The number of hydrogen-bond donors (Lipinski definition) is 1. The second-order valence-corrected chi connectivity index (χ2v) is 4.22. The molecule has 1 rings (SSSR count). The summed E-state index contributed by atoms with van der Waals surface area (Å²) in [6, 6.07) is 9.46. The van der Waals surface area contributed by atoms with E-state index in [1.54, 1.807) is 0 Å². The first-order chi connectivity index (χ1) is 8.68. The number of alkyl carbamates (subject to hydrolysis) is 1. The van der Waals surface area contributed by atoms with Crippen LogP contribution < -0.4 is 5.32 Å². The van der Waals surface area contributed by atoms with E-state index in [2.05, 4.69) is 5.32 Å². The lowest BCUT2D eigenvalue weighted by Gasteiger charge is -2.06. The Kier molecular flexibility index (Phi) is 6.87. The maximum Gasteiger partial charge on any atom is 0.407 e. The molecule has 0 unspecified atom stereocenters. The van der Waals surface area contributed by atoms with Crippen LogP contribution in [-0.4, -0.2) is 17.9 Å². The van der Waals surface area contributed by atoms with Gasteiger partial charge in [0.05, 0.1) is 0 Å². The molecule has 0 atom stereocenters. The summed E-state index contributed by atoms with van der Waals surface area (Å²) in [6.45, 7) is 0.741. The summed E-state index contributed by atoms with van der Waals surface area (Å²) < 4.78 is 5.01. The monoisotopic (exact) mass is 269 g/mol. The van der Waals surface area contributed by atoms with Gasteiger partial charge in [0.1, 0.15) is 6.61 Å². The van der Waals surface area contributed by atoms with Gasteiger partial charge in [0.2, 0.25) is 5.24 Å². The fraction of sp³-hybridized carbons (Fsp3) is 0.385. The van der Waals surface area contributed by atoms with Gasteiger partial charge in [-0.25, -0.2) is 4.79 Å². The zero-order chi connectivity index (χ0) is 13.2. The SMILES string of the molecule is O=C(Cl)CCCCNC(=O)OCc1ccccc1. The smallest absolute Gasteiger partial charge is 0.407 e. The maximum absolute atomic E-state index is 11.3. The zero-order valence-corrected chi connectivity index (χ0v) is 10.8. The Balaban J connectivity index is 2.06. The molecular formula is C13H16ClNO3. The lowest BCUT2D eigenvalue weighted by atomic mass is 10.2. The first-order valence-corrected chi connectivity index (χ1v) is 6.19. The molecule has 98 valence electrons. The van der Waals surface area contributed by atoms with Gasteiger partial charge in [-0.15, -0.1) is 0 Å². The quantitative estimate of drug-likeness (QED) is 0.612. The largest absolute Gasteiger partial charge is 0.445 e. The predicted octanol–water partition coefficient (Wildman–Crippen LogP) is 2.85. The molecule has 0 radical (unpaired) electrons. The molecule has 0 aliphatic heterocycles. The molecule has 1 aromatic carbocycles. The summed E-state index contributed by atoms with van der Waals surface area (Å²) in [6.07, 6.45) is 1.26. The molecule has 1 amide bonds. The highest BCUT2D eigenvalue weighted by atomic mass is 35.5. The van der Waals surface area contributed by atoms with Crippen molar-refractivity contribution < 1.29 is 14.3 Å². The van der Waals surface area contributed by atoms with Crippen LogP contribution in [-0.2, 0) is 16.1 Å². The standard InChI is InChI=1S/C13H16ClNO3/c14-12(16)8-4-5-9-15-13(17)18-10-11-6-2-1-3-7-11/h1-3,6-7H,4-5,8-10H2,(H,15,17). The number of carbonyl (C=O) groups is 2. The second-order valence-electron chi connectivity index (χ2n) is 3.80. The van der Waals surface area contributed by atoms with E-state index in [4.69, 9.17) is 16.3 Å². The molecule has 4 nitrogen and oxygen atoms in total. The normalized spacial score (nSPS) is 9.83. The first-order valence-electron chi connectivity index (χ1n) is 5.81. The van der Waals surface area contributed by atoms with Crippen molar-refractivity contribution in [3.8, 4) is 0 Å². The topological polar surface area (TPSA) is 55.4 Å². The number of hydrogen-bond acceptors (Lipinski definition) is 3. The fourth-order valence-electron chi connectivity index (χ4n) is 1.35. The van der Waals surface area contributed by atoms with Gasteiger partial charge in [-0.3, -0.25) is 4.79 Å². The number of carbonyl (C=O) groups excluding carboxylic acids is 2. The van der Waals surface area contributed by atoms with E-state index in [9.17, 15) is 9.59 Å². The molecule has 0 saturated heterocycles. The minimum absolute atomic E-state index is 0.257. The van der Waals surface area contributed by atoms with Crippen LogP contribution in [0.4, 0.5) is 4.79 Å². The molecule has 0 spiro atoms. The van der Waals surface area contributed by atoms with Crippen LogP contribution in [0.5, 0.6) is 0 Å². The molecular weight excluding hydrogens is 254 g/mol. The van der Waals surface area contributed by atoms with Crippen molar-refractivity contribution in [2.24, 2.45) is 0 Å². The van der Waals surface area contributed by atoms with Gasteiger partial charge in [0, 0.05) is 13.0 Å². The van der Waals surface area contributed by atoms with Gasteiger partial charge < -0.3 is 10.1 Å². The minimum Gasteiger partial charge on any atom is -0.445 e. The van der Waals surface area contributed by atoms with E-state index < -0.39 is 6.09 Å². The number of unbranched alkanes of at least 4 members (excludes halogenated alkanes) is 1. The summed E-state index contributed by atoms with van der Waals surface area (Å²) in [5.41, 5.74) is 0.945. The lowest BCUT2D eigenvalue weighted by molar-refractivity contribution is -0.111. The van der Waals surface area contributed by atoms with Gasteiger partial charge in [-0.1, -0.05) is 30.3 Å². The van der Waals surface area contributed by atoms with Crippen LogP contribution in [0.1, 0.15) is 24.8 Å². The molecule has 0 heterocycles. The van der Waals surface area contributed by atoms with E-state index in [1.165, 1.54) is 0 Å². The maximum atomic E-state index is 11.3. The van der Waals surface area contributed by atoms with Crippen molar-refractivity contribution in [3.63, 3.8) is 0 Å². The first kappa shape index (κ1) is 14.5. The molecule has 0 aromatic heterocycles. The second kappa shape index (κ2) is 8.53. The Morgan fingerprint density at radius 3 is 2.56 bits per heavy atom. The minimum atomic E-state index is -0.448. The molecule has 5 heteroatoms. The Morgan fingerprint density at radius 2 is 1.89 bits per heavy atom. The number of benzene rings is 1. The average Bonchev–Trinajstić information content (AvgIpc) is 2.37. The van der Waals surface area contributed by atoms with Gasteiger partial charge in [0.15, 0.2) is 0 Å². The summed E-state index contributed by atoms with van der Waals surface area (Å²) in [5.74, 6) is 0. The van der Waals surface area contributed by atoms with E-state index in [0.29, 0.717) is 25.8 Å². The van der Waals surface area contributed by atoms with Crippen molar-refractivity contribution in [1.82, 2.24) is 5.32 Å². The fourth-order valence-corrected chi connectivity index (χ4v) is 1.49. The van der Waals surface area contributed by atoms with Gasteiger partial charge in [-0.05, 0) is 30.0 Å². The summed E-state index contributed by atoms with van der Waals surface area (Å²) in [4.78, 5) is 21.7. The van der Waals surface area contributed by atoms with E-state index in [1.807, 2.05) is 30.3 Å². The summed E-state index contributed by atoms with van der Waals surface area (Å²) >= 11 is 5.19. The van der Waals surface area contributed by atoms with Gasteiger partial charge >= 0.3 is 6.09 Å².